The molecule has 0 saturated heterocycles. The van der Waals surface area contributed by atoms with Crippen molar-refractivity contribution >= 4 is 0 Å². The van der Waals surface area contributed by atoms with Crippen LogP contribution in [0, 0.1) is 5.92 Å². The summed E-state index contributed by atoms with van der Waals surface area (Å²) in [7, 11) is 0. The Balaban J connectivity index is 2.34. The first kappa shape index (κ1) is 6.34. The van der Waals surface area contributed by atoms with Gasteiger partial charge < -0.3 is 15.3 Å². The van der Waals surface area contributed by atoms with Crippen LogP contribution in [0.25, 0.3) is 0 Å². The van der Waals surface area contributed by atoms with Crippen LogP contribution in [-0.4, -0.2) is 33.1 Å². The van der Waals surface area contributed by atoms with Crippen LogP contribution in [0.15, 0.2) is 11.6 Å². The predicted molar refractivity (Wildman–Crippen MR) is 34.2 cm³/mol. The first-order chi connectivity index (χ1) is 4.58. The van der Waals surface area contributed by atoms with Gasteiger partial charge in [-0.15, -0.1) is 0 Å². The molecule has 2 aliphatic rings. The number of rotatable bonds is 0. The molecule has 0 aromatic heterocycles. The Labute approximate surface area is 58.6 Å². The summed E-state index contributed by atoms with van der Waals surface area (Å²) in [4.78, 5) is 0. The van der Waals surface area contributed by atoms with E-state index in [9.17, 15) is 10.2 Å². The first-order valence-electron chi connectivity index (χ1n) is 3.39. The van der Waals surface area contributed by atoms with E-state index in [0.29, 0.717) is 5.57 Å². The van der Waals surface area contributed by atoms with Crippen molar-refractivity contribution < 1.29 is 15.3 Å². The summed E-state index contributed by atoms with van der Waals surface area (Å²) in [6.07, 6.45) is 0.117. The molecule has 0 aliphatic heterocycles. The van der Waals surface area contributed by atoms with Gasteiger partial charge in [0.2, 0.25) is 0 Å². The fourth-order valence-corrected chi connectivity index (χ4v) is 1.67. The van der Waals surface area contributed by atoms with Gasteiger partial charge in [-0.1, -0.05) is 13.0 Å². The maximum atomic E-state index is 9.41. The summed E-state index contributed by atoms with van der Waals surface area (Å²) in [6, 6.07) is 0. The summed E-state index contributed by atoms with van der Waals surface area (Å²) < 4.78 is 0. The van der Waals surface area contributed by atoms with Crippen molar-refractivity contribution in [2.45, 2.75) is 24.7 Å². The van der Waals surface area contributed by atoms with E-state index in [4.69, 9.17) is 5.11 Å². The lowest BCUT2D eigenvalue weighted by Crippen LogP contribution is -2.34. The normalized spacial score (nSPS) is 58.0. The topological polar surface area (TPSA) is 60.7 Å². The minimum absolute atomic E-state index is 0.0246. The van der Waals surface area contributed by atoms with E-state index in [0.717, 1.165) is 0 Å². The Morgan fingerprint density at radius 2 is 2.10 bits per heavy atom. The average Bonchev–Trinajstić information content (AvgIpc) is 2.29. The third kappa shape index (κ3) is 0.438. The number of fused-ring (bicyclic) bond motifs is 1. The maximum Gasteiger partial charge on any atom is 0.144 e. The molecule has 2 aliphatic carbocycles. The minimum atomic E-state index is -1.28. The molecule has 0 aromatic rings. The second-order valence-electron chi connectivity index (χ2n) is 3.15. The van der Waals surface area contributed by atoms with Crippen molar-refractivity contribution in [3.63, 3.8) is 0 Å². The highest BCUT2D eigenvalue weighted by atomic mass is 16.4. The fourth-order valence-electron chi connectivity index (χ4n) is 1.67. The zero-order valence-corrected chi connectivity index (χ0v) is 5.65. The molecule has 1 fully saturated rings. The van der Waals surface area contributed by atoms with Gasteiger partial charge >= 0.3 is 0 Å². The van der Waals surface area contributed by atoms with Gasteiger partial charge in [0.1, 0.15) is 11.7 Å². The Bertz CT molecular complexity index is 211. The highest BCUT2D eigenvalue weighted by Gasteiger charge is 2.67. The SMILES string of the molecule is CC1C=C2C(O)C2(O)C1O. The van der Waals surface area contributed by atoms with Crippen molar-refractivity contribution in [1.29, 1.82) is 0 Å². The molecule has 1 saturated carbocycles. The molecule has 3 N–H and O–H groups in total. The number of hydrogen-bond acceptors (Lipinski definition) is 3. The second kappa shape index (κ2) is 1.44. The summed E-state index contributed by atoms with van der Waals surface area (Å²) in [5.41, 5.74) is -0.688. The molecular formula is C7H10O3. The van der Waals surface area contributed by atoms with E-state index in [2.05, 4.69) is 0 Å². The molecule has 3 heteroatoms. The van der Waals surface area contributed by atoms with Crippen LogP contribution in [0.1, 0.15) is 6.92 Å². The molecular weight excluding hydrogens is 132 g/mol. The van der Waals surface area contributed by atoms with Crippen LogP contribution in [0.3, 0.4) is 0 Å². The lowest BCUT2D eigenvalue weighted by atomic mass is 10.0. The first-order valence-corrected chi connectivity index (χ1v) is 3.39. The van der Waals surface area contributed by atoms with E-state index in [1.54, 1.807) is 6.08 Å². The van der Waals surface area contributed by atoms with Crippen LogP contribution in [-0.2, 0) is 0 Å². The monoisotopic (exact) mass is 142 g/mol. The van der Waals surface area contributed by atoms with Gasteiger partial charge in [0.15, 0.2) is 0 Å². The summed E-state index contributed by atoms with van der Waals surface area (Å²) in [5.74, 6) is -0.0246. The summed E-state index contributed by atoms with van der Waals surface area (Å²) >= 11 is 0. The van der Waals surface area contributed by atoms with Crippen molar-refractivity contribution in [2.24, 2.45) is 5.92 Å². The molecule has 0 bridgehead atoms. The third-order valence-electron chi connectivity index (χ3n) is 2.48. The smallest absolute Gasteiger partial charge is 0.144 e. The Morgan fingerprint density at radius 3 is 2.40 bits per heavy atom. The molecule has 2 rings (SSSR count). The molecule has 4 unspecified atom stereocenters. The Morgan fingerprint density at radius 1 is 1.50 bits per heavy atom. The van der Waals surface area contributed by atoms with Crippen molar-refractivity contribution in [3.8, 4) is 0 Å². The van der Waals surface area contributed by atoms with Crippen molar-refractivity contribution in [2.75, 3.05) is 0 Å². The Kier molecular flexibility index (Phi) is 0.915. The summed E-state index contributed by atoms with van der Waals surface area (Å²) in [6.45, 7) is 1.81. The molecule has 56 valence electrons. The molecule has 4 atom stereocenters. The van der Waals surface area contributed by atoms with Gasteiger partial charge in [-0.2, -0.15) is 0 Å². The van der Waals surface area contributed by atoms with E-state index in [1.165, 1.54) is 0 Å². The standard InChI is InChI=1S/C7H10O3/c1-3-2-4-6(9)7(4,10)5(3)8/h2-3,5-6,8-10H,1H3. The highest BCUT2D eigenvalue weighted by molar-refractivity contribution is 5.50. The average molecular weight is 142 g/mol. The molecule has 10 heavy (non-hydrogen) atoms. The summed E-state index contributed by atoms with van der Waals surface area (Å²) in [5, 5.41) is 27.7. The van der Waals surface area contributed by atoms with E-state index < -0.39 is 17.8 Å². The molecule has 0 radical (unpaired) electrons. The second-order valence-corrected chi connectivity index (χ2v) is 3.15. The number of aliphatic hydroxyl groups is 3. The van der Waals surface area contributed by atoms with E-state index in [-0.39, 0.29) is 5.92 Å². The lowest BCUT2D eigenvalue weighted by Gasteiger charge is -2.16. The molecule has 3 nitrogen and oxygen atoms in total. The molecule has 0 heterocycles. The van der Waals surface area contributed by atoms with Crippen LogP contribution >= 0.6 is 0 Å². The van der Waals surface area contributed by atoms with Gasteiger partial charge in [0.05, 0.1) is 6.10 Å². The van der Waals surface area contributed by atoms with Crippen LogP contribution < -0.4 is 0 Å². The zero-order valence-electron chi connectivity index (χ0n) is 5.65. The highest BCUT2D eigenvalue weighted by Crippen LogP contribution is 2.53. The Hall–Kier alpha value is -0.380. The van der Waals surface area contributed by atoms with Crippen LogP contribution in [0.5, 0.6) is 0 Å². The molecule has 0 aromatic carbocycles. The van der Waals surface area contributed by atoms with Gasteiger partial charge in [-0.25, -0.2) is 0 Å². The van der Waals surface area contributed by atoms with Gasteiger partial charge in [-0.3, -0.25) is 0 Å². The predicted octanol–water partition coefficient (Wildman–Crippen LogP) is -0.971. The van der Waals surface area contributed by atoms with Crippen LogP contribution in [0.2, 0.25) is 0 Å². The quantitative estimate of drug-likeness (QED) is 0.381. The molecule has 0 spiro atoms. The maximum absolute atomic E-state index is 9.41. The van der Waals surface area contributed by atoms with Gasteiger partial charge in [0, 0.05) is 5.92 Å². The zero-order chi connectivity index (χ0) is 7.52. The van der Waals surface area contributed by atoms with Crippen molar-refractivity contribution in [3.05, 3.63) is 11.6 Å². The van der Waals surface area contributed by atoms with Crippen molar-refractivity contribution in [1.82, 2.24) is 0 Å². The minimum Gasteiger partial charge on any atom is -0.389 e. The van der Waals surface area contributed by atoms with E-state index >= 15 is 0 Å². The van der Waals surface area contributed by atoms with E-state index in [1.807, 2.05) is 6.92 Å². The third-order valence-corrected chi connectivity index (χ3v) is 2.48. The number of hydrogen-bond donors (Lipinski definition) is 3. The van der Waals surface area contributed by atoms with Gasteiger partial charge in [-0.05, 0) is 5.57 Å². The molecule has 0 amide bonds. The number of aliphatic hydroxyl groups excluding tert-OH is 2. The largest absolute Gasteiger partial charge is 0.389 e. The fraction of sp³-hybridized carbons (Fsp3) is 0.714. The van der Waals surface area contributed by atoms with Crippen LogP contribution in [0.4, 0.5) is 0 Å². The van der Waals surface area contributed by atoms with Gasteiger partial charge in [0.25, 0.3) is 0 Å². The lowest BCUT2D eigenvalue weighted by molar-refractivity contribution is -0.0356.